The van der Waals surface area contributed by atoms with Crippen molar-refractivity contribution < 1.29 is 4.39 Å². The molecule has 1 heterocycles. The lowest BCUT2D eigenvalue weighted by molar-refractivity contribution is 0.536. The van der Waals surface area contributed by atoms with Crippen molar-refractivity contribution in [1.82, 2.24) is 15.7 Å². The largest absolute Gasteiger partial charge is 0.310 e. The summed E-state index contributed by atoms with van der Waals surface area (Å²) in [6, 6.07) is 0. The van der Waals surface area contributed by atoms with E-state index in [9.17, 15) is 4.39 Å². The predicted molar refractivity (Wildman–Crippen MR) is 34.5 cm³/mol. The van der Waals surface area contributed by atoms with Crippen LogP contribution >= 0.6 is 11.6 Å². The maximum absolute atomic E-state index is 12.2. The van der Waals surface area contributed by atoms with Crippen molar-refractivity contribution in [3.63, 3.8) is 0 Å². The Hall–Kier alpha value is -0.900. The third-order valence-corrected chi connectivity index (χ3v) is 1.44. The summed E-state index contributed by atoms with van der Waals surface area (Å²) in [5.41, 5.74) is 7.27. The van der Waals surface area contributed by atoms with Crippen LogP contribution in [-0.4, -0.2) is 9.97 Å². The Balaban J connectivity index is 3.31. The number of aryl methyl sites for hydroxylation is 1. The maximum atomic E-state index is 12.2. The van der Waals surface area contributed by atoms with Gasteiger partial charge >= 0.3 is 6.08 Å². The van der Waals surface area contributed by atoms with Gasteiger partial charge in [0.1, 0.15) is 5.02 Å². The van der Waals surface area contributed by atoms with Crippen molar-refractivity contribution in [3.05, 3.63) is 16.8 Å². The van der Waals surface area contributed by atoms with E-state index >= 15 is 0 Å². The molecule has 1 N–H and O–H groups in total. The van der Waals surface area contributed by atoms with Gasteiger partial charge in [0.05, 0.1) is 5.69 Å². The summed E-state index contributed by atoms with van der Waals surface area (Å²) in [7, 11) is 0. The highest BCUT2D eigenvalue weighted by atomic mass is 35.5. The van der Waals surface area contributed by atoms with Crippen LogP contribution < -0.4 is 5.73 Å². The van der Waals surface area contributed by atoms with Gasteiger partial charge in [0.15, 0.2) is 5.82 Å². The Bertz CT molecular complexity index is 240. The number of nitrogens with one attached hydrogen (secondary N) is 1. The van der Waals surface area contributed by atoms with Gasteiger partial charge in [-0.25, -0.2) is 4.98 Å². The molecule has 0 amide bonds. The van der Waals surface area contributed by atoms with Gasteiger partial charge in [0, 0.05) is 0 Å². The standard InChI is InChI=1S/C5H4ClFN3/c1-2-3(6)4(8)10-5(7)9-2/h8H,1H3. The molecule has 0 spiro atoms. The van der Waals surface area contributed by atoms with Gasteiger partial charge in [-0.2, -0.15) is 9.37 Å². The van der Waals surface area contributed by atoms with E-state index in [2.05, 4.69) is 9.97 Å². The fourth-order valence-electron chi connectivity index (χ4n) is 0.525. The van der Waals surface area contributed by atoms with Gasteiger partial charge in [-0.1, -0.05) is 11.6 Å². The third kappa shape index (κ3) is 1.16. The number of hydrogen-bond acceptors (Lipinski definition) is 2. The Morgan fingerprint density at radius 2 is 2.10 bits per heavy atom. The molecule has 53 valence electrons. The van der Waals surface area contributed by atoms with Crippen molar-refractivity contribution in [1.29, 1.82) is 0 Å². The first-order valence-electron chi connectivity index (χ1n) is 2.52. The quantitative estimate of drug-likeness (QED) is 0.540. The lowest BCUT2D eigenvalue weighted by Crippen LogP contribution is -1.94. The summed E-state index contributed by atoms with van der Waals surface area (Å²) < 4.78 is 12.2. The molecule has 10 heavy (non-hydrogen) atoms. The van der Waals surface area contributed by atoms with Crippen LogP contribution in [0.2, 0.25) is 5.02 Å². The minimum absolute atomic E-state index is 0.0985. The van der Waals surface area contributed by atoms with Gasteiger partial charge in [-0.15, -0.1) is 0 Å². The lowest BCUT2D eigenvalue weighted by atomic mass is 10.4. The fourth-order valence-corrected chi connectivity index (χ4v) is 0.610. The average Bonchev–Trinajstić information content (AvgIpc) is 1.82. The molecular formula is C5H4ClFN3. The number of rotatable bonds is 0. The summed E-state index contributed by atoms with van der Waals surface area (Å²) in [6.07, 6.45) is -0.910. The molecule has 0 aliphatic carbocycles. The number of halogens is 2. The molecular weight excluding hydrogens is 157 g/mol. The highest BCUT2D eigenvalue weighted by Gasteiger charge is 2.05. The molecule has 0 atom stereocenters. The van der Waals surface area contributed by atoms with Crippen LogP contribution in [0.1, 0.15) is 5.69 Å². The summed E-state index contributed by atoms with van der Waals surface area (Å²) in [4.78, 5) is 6.40. The molecule has 0 saturated heterocycles. The maximum Gasteiger partial charge on any atom is 0.310 e. The fraction of sp³-hybridized carbons (Fsp3) is 0.200. The third-order valence-electron chi connectivity index (χ3n) is 0.990. The first-order valence-corrected chi connectivity index (χ1v) is 2.90. The van der Waals surface area contributed by atoms with Gasteiger partial charge in [-0.3, -0.25) is 5.73 Å². The van der Waals surface area contributed by atoms with Gasteiger partial charge in [0.25, 0.3) is 0 Å². The van der Waals surface area contributed by atoms with Crippen molar-refractivity contribution in [2.24, 2.45) is 0 Å². The highest BCUT2D eigenvalue weighted by molar-refractivity contribution is 6.33. The van der Waals surface area contributed by atoms with Crippen LogP contribution in [0, 0.1) is 13.0 Å². The van der Waals surface area contributed by atoms with Crippen LogP contribution in [0.5, 0.6) is 0 Å². The number of aromatic nitrogens is 2. The van der Waals surface area contributed by atoms with E-state index < -0.39 is 6.08 Å². The van der Waals surface area contributed by atoms with Crippen LogP contribution in [0.25, 0.3) is 0 Å². The lowest BCUT2D eigenvalue weighted by Gasteiger charge is -1.97. The molecule has 1 aromatic rings. The monoisotopic (exact) mass is 160 g/mol. The minimum Gasteiger partial charge on any atom is -0.281 e. The van der Waals surface area contributed by atoms with E-state index in [1.165, 1.54) is 6.92 Å². The normalized spacial score (nSPS) is 9.90. The molecule has 0 aromatic carbocycles. The first-order chi connectivity index (χ1) is 4.61. The van der Waals surface area contributed by atoms with Crippen molar-refractivity contribution >= 4 is 17.4 Å². The molecule has 0 aliphatic heterocycles. The van der Waals surface area contributed by atoms with E-state index in [1.807, 2.05) is 0 Å². The molecule has 0 aliphatic rings. The minimum atomic E-state index is -0.910. The topological polar surface area (TPSA) is 49.6 Å². The SMILES string of the molecule is Cc1nc(F)nc([NH])c1Cl. The number of nitrogens with zero attached hydrogens (tertiary/aromatic N) is 2. The van der Waals surface area contributed by atoms with E-state index in [0.717, 1.165) is 0 Å². The van der Waals surface area contributed by atoms with E-state index in [4.69, 9.17) is 17.3 Å². The first kappa shape index (κ1) is 7.21. The van der Waals surface area contributed by atoms with Gasteiger partial charge < -0.3 is 0 Å². The smallest absolute Gasteiger partial charge is 0.281 e. The summed E-state index contributed by atoms with van der Waals surface area (Å²) >= 11 is 5.47. The molecule has 1 radical (unpaired) electrons. The highest BCUT2D eigenvalue weighted by Crippen LogP contribution is 2.19. The number of hydrogen-bond donors (Lipinski definition) is 0. The molecule has 0 bridgehead atoms. The Labute approximate surface area is 62.0 Å². The van der Waals surface area contributed by atoms with E-state index in [-0.39, 0.29) is 10.8 Å². The molecule has 1 rings (SSSR count). The predicted octanol–water partition coefficient (Wildman–Crippen LogP) is 1.49. The van der Waals surface area contributed by atoms with E-state index in [1.54, 1.807) is 0 Å². The summed E-state index contributed by atoms with van der Waals surface area (Å²) in [5, 5.41) is 0.0985. The van der Waals surface area contributed by atoms with Gasteiger partial charge in [0.2, 0.25) is 0 Å². The van der Waals surface area contributed by atoms with Crippen molar-refractivity contribution in [2.45, 2.75) is 6.92 Å². The molecule has 0 fully saturated rings. The Morgan fingerprint density at radius 1 is 1.50 bits per heavy atom. The Kier molecular flexibility index (Phi) is 1.72. The summed E-state index contributed by atoms with van der Waals surface area (Å²) in [5.74, 6) is -0.272. The zero-order chi connectivity index (χ0) is 7.72. The van der Waals surface area contributed by atoms with Crippen molar-refractivity contribution in [3.8, 4) is 0 Å². The van der Waals surface area contributed by atoms with Gasteiger partial charge in [-0.05, 0) is 6.92 Å². The second kappa shape index (κ2) is 2.38. The molecule has 5 heteroatoms. The Morgan fingerprint density at radius 3 is 2.60 bits per heavy atom. The van der Waals surface area contributed by atoms with E-state index in [0.29, 0.717) is 5.69 Å². The second-order valence-electron chi connectivity index (χ2n) is 1.74. The van der Waals surface area contributed by atoms with Crippen LogP contribution in [0.3, 0.4) is 0 Å². The molecule has 1 aromatic heterocycles. The zero-order valence-electron chi connectivity index (χ0n) is 5.15. The second-order valence-corrected chi connectivity index (χ2v) is 2.12. The molecule has 3 nitrogen and oxygen atoms in total. The van der Waals surface area contributed by atoms with Crippen LogP contribution in [0.4, 0.5) is 10.2 Å². The van der Waals surface area contributed by atoms with Crippen LogP contribution in [-0.2, 0) is 0 Å². The van der Waals surface area contributed by atoms with Crippen LogP contribution in [0.15, 0.2) is 0 Å². The average molecular weight is 161 g/mol. The van der Waals surface area contributed by atoms with Crippen molar-refractivity contribution in [2.75, 3.05) is 0 Å². The molecule has 0 unspecified atom stereocenters. The molecule has 0 saturated carbocycles. The zero-order valence-corrected chi connectivity index (χ0v) is 5.91. The summed E-state index contributed by atoms with van der Waals surface area (Å²) in [6.45, 7) is 1.52.